The quantitative estimate of drug-likeness (QED) is 0.749. The fraction of sp³-hybridized carbons (Fsp3) is 0.538. The third-order valence-electron chi connectivity index (χ3n) is 3.36. The van der Waals surface area contributed by atoms with E-state index in [1.54, 1.807) is 0 Å². The normalized spacial score (nSPS) is 26.6. The van der Waals surface area contributed by atoms with E-state index in [9.17, 15) is 0 Å². The molecule has 3 N–H and O–H groups in total. The van der Waals surface area contributed by atoms with Gasteiger partial charge in [0.05, 0.1) is 5.70 Å². The maximum Gasteiger partial charge on any atom is 0.107 e. The van der Waals surface area contributed by atoms with Crippen LogP contribution in [-0.2, 0) is 0 Å². The van der Waals surface area contributed by atoms with Gasteiger partial charge in [0, 0.05) is 12.7 Å². The SMILES string of the molecule is CCN(CC)CCC1(N)C=C2C=CC=CN2N1. The molecule has 4 heteroatoms. The van der Waals surface area contributed by atoms with E-state index in [0.717, 1.165) is 31.8 Å². The number of nitrogens with two attached hydrogens (primary N) is 1. The van der Waals surface area contributed by atoms with Crippen LogP contribution in [0.4, 0.5) is 0 Å². The predicted molar refractivity (Wildman–Crippen MR) is 70.7 cm³/mol. The van der Waals surface area contributed by atoms with Gasteiger partial charge < -0.3 is 10.6 Å². The second-order valence-electron chi connectivity index (χ2n) is 4.57. The van der Waals surface area contributed by atoms with Gasteiger partial charge in [-0.15, -0.1) is 0 Å². The third kappa shape index (κ3) is 2.77. The summed E-state index contributed by atoms with van der Waals surface area (Å²) < 4.78 is 0. The largest absolute Gasteiger partial charge is 0.309 e. The highest BCUT2D eigenvalue weighted by atomic mass is 15.6. The number of hydrogen-bond acceptors (Lipinski definition) is 4. The Labute approximate surface area is 103 Å². The summed E-state index contributed by atoms with van der Waals surface area (Å²) in [5.41, 5.74) is 10.4. The minimum Gasteiger partial charge on any atom is -0.309 e. The van der Waals surface area contributed by atoms with Crippen molar-refractivity contribution in [2.45, 2.75) is 25.9 Å². The average Bonchev–Trinajstić information content (AvgIpc) is 2.67. The van der Waals surface area contributed by atoms with Gasteiger partial charge in [-0.1, -0.05) is 19.9 Å². The molecule has 0 saturated carbocycles. The van der Waals surface area contributed by atoms with E-state index in [1.165, 1.54) is 0 Å². The monoisotopic (exact) mass is 234 g/mol. The minimum atomic E-state index is -0.420. The number of fused-ring (bicyclic) bond motifs is 1. The number of nitrogens with one attached hydrogen (secondary N) is 1. The topological polar surface area (TPSA) is 44.5 Å². The standard InChI is InChI=1S/C13H22N4/c1-3-16(4-2)10-8-13(14)11-12-7-5-6-9-17(12)15-13/h5-7,9,11,15H,3-4,8,10,14H2,1-2H3. The molecule has 1 unspecified atom stereocenters. The number of allylic oxidation sites excluding steroid dienone is 3. The molecular formula is C13H22N4. The Morgan fingerprint density at radius 3 is 2.76 bits per heavy atom. The molecule has 0 aromatic carbocycles. The van der Waals surface area contributed by atoms with Crippen molar-refractivity contribution in [2.24, 2.45) is 5.73 Å². The van der Waals surface area contributed by atoms with Gasteiger partial charge in [0.15, 0.2) is 0 Å². The Morgan fingerprint density at radius 1 is 1.35 bits per heavy atom. The maximum atomic E-state index is 6.35. The third-order valence-corrected chi connectivity index (χ3v) is 3.36. The smallest absolute Gasteiger partial charge is 0.107 e. The van der Waals surface area contributed by atoms with Crippen molar-refractivity contribution in [3.63, 3.8) is 0 Å². The maximum absolute atomic E-state index is 6.35. The van der Waals surface area contributed by atoms with Crippen LogP contribution in [0.5, 0.6) is 0 Å². The van der Waals surface area contributed by atoms with Crippen LogP contribution in [0, 0.1) is 0 Å². The lowest BCUT2D eigenvalue weighted by Crippen LogP contribution is -2.54. The van der Waals surface area contributed by atoms with Gasteiger partial charge in [-0.2, -0.15) is 0 Å². The van der Waals surface area contributed by atoms with E-state index in [2.05, 4.69) is 36.3 Å². The van der Waals surface area contributed by atoms with Gasteiger partial charge in [-0.25, -0.2) is 5.43 Å². The molecule has 17 heavy (non-hydrogen) atoms. The zero-order valence-corrected chi connectivity index (χ0v) is 10.7. The first kappa shape index (κ1) is 12.4. The first-order chi connectivity index (χ1) is 8.17. The first-order valence-electron chi connectivity index (χ1n) is 6.33. The highest BCUT2D eigenvalue weighted by molar-refractivity contribution is 5.33. The van der Waals surface area contributed by atoms with Crippen LogP contribution in [-0.4, -0.2) is 35.2 Å². The van der Waals surface area contributed by atoms with Crippen molar-refractivity contribution < 1.29 is 0 Å². The molecule has 2 rings (SSSR count). The van der Waals surface area contributed by atoms with Gasteiger partial charge in [-0.05, 0) is 37.7 Å². The Bertz CT molecular complexity index is 354. The Hall–Kier alpha value is -1.10. The van der Waals surface area contributed by atoms with Crippen molar-refractivity contribution >= 4 is 0 Å². The molecule has 0 saturated heterocycles. The molecule has 1 atom stereocenters. The minimum absolute atomic E-state index is 0.420. The van der Waals surface area contributed by atoms with Crippen molar-refractivity contribution in [3.05, 3.63) is 36.2 Å². The Kier molecular flexibility index (Phi) is 3.66. The lowest BCUT2D eigenvalue weighted by atomic mass is 10.1. The van der Waals surface area contributed by atoms with Crippen LogP contribution < -0.4 is 11.2 Å². The first-order valence-corrected chi connectivity index (χ1v) is 6.33. The lowest BCUT2D eigenvalue weighted by Gasteiger charge is -2.29. The van der Waals surface area contributed by atoms with Gasteiger partial charge in [0.2, 0.25) is 0 Å². The second kappa shape index (κ2) is 5.04. The highest BCUT2D eigenvalue weighted by Crippen LogP contribution is 2.23. The molecule has 0 amide bonds. The molecule has 2 aliphatic rings. The van der Waals surface area contributed by atoms with Crippen LogP contribution in [0.1, 0.15) is 20.3 Å². The summed E-state index contributed by atoms with van der Waals surface area (Å²) in [7, 11) is 0. The zero-order chi connectivity index (χ0) is 12.3. The van der Waals surface area contributed by atoms with E-state index in [-0.39, 0.29) is 0 Å². The number of rotatable bonds is 5. The molecule has 0 aromatic rings. The number of hydrogen-bond donors (Lipinski definition) is 2. The molecule has 2 heterocycles. The molecule has 94 valence electrons. The Morgan fingerprint density at radius 2 is 2.12 bits per heavy atom. The average molecular weight is 234 g/mol. The van der Waals surface area contributed by atoms with Crippen LogP contribution in [0.3, 0.4) is 0 Å². The summed E-state index contributed by atoms with van der Waals surface area (Å²) in [6.45, 7) is 7.53. The highest BCUT2D eigenvalue weighted by Gasteiger charge is 2.32. The van der Waals surface area contributed by atoms with Crippen molar-refractivity contribution in [3.8, 4) is 0 Å². The molecular weight excluding hydrogens is 212 g/mol. The number of hydrazine groups is 1. The molecule has 2 aliphatic heterocycles. The molecule has 0 aromatic heterocycles. The van der Waals surface area contributed by atoms with Crippen molar-refractivity contribution in [1.29, 1.82) is 0 Å². The summed E-state index contributed by atoms with van der Waals surface area (Å²) in [5, 5.41) is 1.99. The van der Waals surface area contributed by atoms with Crippen LogP contribution in [0.15, 0.2) is 36.2 Å². The lowest BCUT2D eigenvalue weighted by molar-refractivity contribution is 0.219. The second-order valence-corrected chi connectivity index (χ2v) is 4.57. The molecule has 0 bridgehead atoms. The fourth-order valence-corrected chi connectivity index (χ4v) is 2.21. The van der Waals surface area contributed by atoms with Crippen LogP contribution in [0.2, 0.25) is 0 Å². The molecule has 0 radical (unpaired) electrons. The van der Waals surface area contributed by atoms with E-state index >= 15 is 0 Å². The predicted octanol–water partition coefficient (Wildman–Crippen LogP) is 1.16. The van der Waals surface area contributed by atoms with Crippen LogP contribution in [0.25, 0.3) is 0 Å². The summed E-state index contributed by atoms with van der Waals surface area (Å²) >= 11 is 0. The molecule has 0 aliphatic carbocycles. The van der Waals surface area contributed by atoms with Crippen LogP contribution >= 0.6 is 0 Å². The summed E-state index contributed by atoms with van der Waals surface area (Å²) in [5.74, 6) is 0. The van der Waals surface area contributed by atoms with Crippen molar-refractivity contribution in [1.82, 2.24) is 15.3 Å². The summed E-state index contributed by atoms with van der Waals surface area (Å²) in [4.78, 5) is 2.39. The summed E-state index contributed by atoms with van der Waals surface area (Å²) in [6, 6.07) is 0. The molecule has 4 nitrogen and oxygen atoms in total. The van der Waals surface area contributed by atoms with E-state index < -0.39 is 5.66 Å². The zero-order valence-electron chi connectivity index (χ0n) is 10.7. The van der Waals surface area contributed by atoms with Gasteiger partial charge >= 0.3 is 0 Å². The van der Waals surface area contributed by atoms with Gasteiger partial charge in [0.25, 0.3) is 0 Å². The Balaban J connectivity index is 1.95. The van der Waals surface area contributed by atoms with Gasteiger partial charge in [-0.3, -0.25) is 5.01 Å². The van der Waals surface area contributed by atoms with E-state index in [4.69, 9.17) is 5.73 Å². The fourth-order valence-electron chi connectivity index (χ4n) is 2.21. The summed E-state index contributed by atoms with van der Waals surface area (Å²) in [6.07, 6.45) is 11.1. The van der Waals surface area contributed by atoms with Crippen molar-refractivity contribution in [2.75, 3.05) is 19.6 Å². The molecule has 0 fully saturated rings. The van der Waals surface area contributed by atoms with E-state index in [0.29, 0.717) is 0 Å². The number of nitrogens with zero attached hydrogens (tertiary/aromatic N) is 2. The van der Waals surface area contributed by atoms with Gasteiger partial charge in [0.1, 0.15) is 5.66 Å². The molecule has 0 spiro atoms. The van der Waals surface area contributed by atoms with E-state index in [1.807, 2.05) is 23.4 Å².